The molecule has 3 heteroatoms. The largest absolute Gasteiger partial charge is 0.439 e. The molecule has 112 valence electrons. The first-order valence-corrected chi connectivity index (χ1v) is 7.46. The molecule has 1 atom stereocenters. The van der Waals surface area contributed by atoms with Crippen LogP contribution in [0.1, 0.15) is 42.1 Å². The molecule has 0 saturated carbocycles. The van der Waals surface area contributed by atoms with Gasteiger partial charge in [0.05, 0.1) is 0 Å². The Morgan fingerprint density at radius 1 is 1.19 bits per heavy atom. The molecule has 0 radical (unpaired) electrons. The fourth-order valence-corrected chi connectivity index (χ4v) is 2.39. The van der Waals surface area contributed by atoms with Gasteiger partial charge in [0, 0.05) is 18.3 Å². The number of aromatic nitrogens is 1. The lowest BCUT2D eigenvalue weighted by molar-refractivity contribution is 0.456. The third-order valence-electron chi connectivity index (χ3n) is 3.75. The van der Waals surface area contributed by atoms with Crippen LogP contribution in [0.15, 0.2) is 30.5 Å². The molecule has 1 aromatic carbocycles. The van der Waals surface area contributed by atoms with Gasteiger partial charge in [0.2, 0.25) is 5.88 Å². The van der Waals surface area contributed by atoms with E-state index in [0.717, 1.165) is 17.9 Å². The Labute approximate surface area is 127 Å². The average Bonchev–Trinajstić information content (AvgIpc) is 2.45. The number of rotatable bonds is 5. The Morgan fingerprint density at radius 2 is 1.95 bits per heavy atom. The van der Waals surface area contributed by atoms with Crippen LogP contribution in [0.4, 0.5) is 0 Å². The third-order valence-corrected chi connectivity index (χ3v) is 3.75. The number of hydrogen-bond donors (Lipinski definition) is 1. The number of nitrogens with zero attached hydrogens (tertiary/aromatic N) is 1. The quantitative estimate of drug-likeness (QED) is 0.879. The molecule has 0 aliphatic carbocycles. The second-order valence-electron chi connectivity index (χ2n) is 5.51. The maximum Gasteiger partial charge on any atom is 0.219 e. The third kappa shape index (κ3) is 3.82. The van der Waals surface area contributed by atoms with E-state index in [1.54, 1.807) is 6.20 Å². The minimum Gasteiger partial charge on any atom is -0.439 e. The monoisotopic (exact) mass is 284 g/mol. The zero-order chi connectivity index (χ0) is 15.4. The van der Waals surface area contributed by atoms with Gasteiger partial charge in [-0.05, 0) is 68.6 Å². The molecule has 2 rings (SSSR count). The van der Waals surface area contributed by atoms with Crippen LogP contribution in [0.2, 0.25) is 0 Å². The maximum absolute atomic E-state index is 6.00. The van der Waals surface area contributed by atoms with Crippen LogP contribution in [0.3, 0.4) is 0 Å². The lowest BCUT2D eigenvalue weighted by Crippen LogP contribution is -2.17. The van der Waals surface area contributed by atoms with Crippen LogP contribution in [0.25, 0.3) is 0 Å². The molecule has 0 bridgehead atoms. The van der Waals surface area contributed by atoms with E-state index in [9.17, 15) is 0 Å². The molecular formula is C18H24N2O. The van der Waals surface area contributed by atoms with E-state index in [-0.39, 0.29) is 0 Å². The van der Waals surface area contributed by atoms with Gasteiger partial charge in [-0.2, -0.15) is 0 Å². The summed E-state index contributed by atoms with van der Waals surface area (Å²) in [6, 6.07) is 8.54. The average molecular weight is 284 g/mol. The Hall–Kier alpha value is -1.87. The van der Waals surface area contributed by atoms with Gasteiger partial charge in [0.25, 0.3) is 0 Å². The number of hydrogen-bond acceptors (Lipinski definition) is 3. The summed E-state index contributed by atoms with van der Waals surface area (Å²) in [6.07, 6.45) is 1.80. The topological polar surface area (TPSA) is 34.2 Å². The van der Waals surface area contributed by atoms with Crippen LogP contribution >= 0.6 is 0 Å². The van der Waals surface area contributed by atoms with Crippen molar-refractivity contribution >= 4 is 0 Å². The van der Waals surface area contributed by atoms with Crippen LogP contribution in [0.5, 0.6) is 11.6 Å². The molecule has 0 amide bonds. The van der Waals surface area contributed by atoms with Crippen LogP contribution in [0, 0.1) is 20.8 Å². The summed E-state index contributed by atoms with van der Waals surface area (Å²) in [4.78, 5) is 4.33. The molecule has 0 fully saturated rings. The Balaban J connectivity index is 2.26. The maximum atomic E-state index is 6.00. The summed E-state index contributed by atoms with van der Waals surface area (Å²) < 4.78 is 6.00. The summed E-state index contributed by atoms with van der Waals surface area (Å²) in [7, 11) is 0. The van der Waals surface area contributed by atoms with Crippen LogP contribution in [-0.4, -0.2) is 11.5 Å². The van der Waals surface area contributed by atoms with Crippen molar-refractivity contribution in [1.82, 2.24) is 10.3 Å². The molecule has 0 aliphatic rings. The number of ether oxygens (including phenoxy) is 1. The van der Waals surface area contributed by atoms with E-state index < -0.39 is 0 Å². The first kappa shape index (κ1) is 15.5. The van der Waals surface area contributed by atoms with Crippen molar-refractivity contribution < 1.29 is 4.74 Å². The Bertz CT molecular complexity index is 623. The van der Waals surface area contributed by atoms with Crippen molar-refractivity contribution in [3.63, 3.8) is 0 Å². The van der Waals surface area contributed by atoms with E-state index in [0.29, 0.717) is 11.9 Å². The summed E-state index contributed by atoms with van der Waals surface area (Å²) in [5.74, 6) is 1.53. The van der Waals surface area contributed by atoms with E-state index in [1.807, 2.05) is 12.1 Å². The SMILES string of the molecule is CCNC(C)c1ccnc(Oc2cc(C)cc(C)c2C)c1. The molecule has 21 heavy (non-hydrogen) atoms. The van der Waals surface area contributed by atoms with E-state index in [2.05, 4.69) is 57.1 Å². The van der Waals surface area contributed by atoms with Gasteiger partial charge in [0.15, 0.2) is 0 Å². The summed E-state index contributed by atoms with van der Waals surface area (Å²) in [6.45, 7) is 11.5. The van der Waals surface area contributed by atoms with Crippen molar-refractivity contribution in [2.45, 2.75) is 40.7 Å². The molecule has 0 saturated heterocycles. The highest BCUT2D eigenvalue weighted by molar-refractivity contribution is 5.43. The predicted molar refractivity (Wildman–Crippen MR) is 87.1 cm³/mol. The standard InChI is InChI=1S/C18H24N2O/c1-6-19-15(5)16-7-8-20-18(11-16)21-17-10-12(2)9-13(3)14(17)4/h7-11,15,19H,6H2,1-5H3. The lowest BCUT2D eigenvalue weighted by atomic mass is 10.1. The molecule has 0 spiro atoms. The van der Waals surface area contributed by atoms with Gasteiger partial charge < -0.3 is 10.1 Å². The molecular weight excluding hydrogens is 260 g/mol. The summed E-state index contributed by atoms with van der Waals surface area (Å²) >= 11 is 0. The van der Waals surface area contributed by atoms with Gasteiger partial charge in [-0.1, -0.05) is 13.0 Å². The minimum atomic E-state index is 0.292. The predicted octanol–water partition coefficient (Wildman–Crippen LogP) is 4.47. The second kappa shape index (κ2) is 6.72. The summed E-state index contributed by atoms with van der Waals surface area (Å²) in [5, 5.41) is 3.40. The van der Waals surface area contributed by atoms with Crippen LogP contribution < -0.4 is 10.1 Å². The van der Waals surface area contributed by atoms with Gasteiger partial charge in [-0.3, -0.25) is 0 Å². The first-order chi connectivity index (χ1) is 10.0. The molecule has 1 unspecified atom stereocenters. The molecule has 1 N–H and O–H groups in total. The number of benzene rings is 1. The minimum absolute atomic E-state index is 0.292. The highest BCUT2D eigenvalue weighted by Crippen LogP contribution is 2.28. The fourth-order valence-electron chi connectivity index (χ4n) is 2.39. The second-order valence-corrected chi connectivity index (χ2v) is 5.51. The van der Waals surface area contributed by atoms with Crippen molar-refractivity contribution in [2.75, 3.05) is 6.54 Å². The number of nitrogens with one attached hydrogen (secondary N) is 1. The summed E-state index contributed by atoms with van der Waals surface area (Å²) in [5.41, 5.74) is 4.78. The Kier molecular flexibility index (Phi) is 4.97. The zero-order valence-electron chi connectivity index (χ0n) is 13.5. The molecule has 1 aromatic heterocycles. The van der Waals surface area contributed by atoms with E-state index in [1.165, 1.54) is 16.7 Å². The lowest BCUT2D eigenvalue weighted by Gasteiger charge is -2.15. The van der Waals surface area contributed by atoms with Crippen molar-refractivity contribution in [2.24, 2.45) is 0 Å². The molecule has 3 nitrogen and oxygen atoms in total. The van der Waals surface area contributed by atoms with Crippen molar-refractivity contribution in [3.05, 3.63) is 52.7 Å². The fraction of sp³-hybridized carbons (Fsp3) is 0.389. The highest BCUT2D eigenvalue weighted by Gasteiger charge is 2.09. The van der Waals surface area contributed by atoms with Crippen molar-refractivity contribution in [1.29, 1.82) is 0 Å². The van der Waals surface area contributed by atoms with Gasteiger partial charge in [-0.15, -0.1) is 0 Å². The van der Waals surface area contributed by atoms with E-state index >= 15 is 0 Å². The highest BCUT2D eigenvalue weighted by atomic mass is 16.5. The van der Waals surface area contributed by atoms with Gasteiger partial charge in [-0.25, -0.2) is 4.98 Å². The molecule has 0 aliphatic heterocycles. The normalized spacial score (nSPS) is 12.2. The van der Waals surface area contributed by atoms with E-state index in [4.69, 9.17) is 4.74 Å². The van der Waals surface area contributed by atoms with Gasteiger partial charge >= 0.3 is 0 Å². The van der Waals surface area contributed by atoms with Crippen molar-refractivity contribution in [3.8, 4) is 11.6 Å². The molecule has 1 heterocycles. The number of pyridine rings is 1. The van der Waals surface area contributed by atoms with Crippen LogP contribution in [-0.2, 0) is 0 Å². The zero-order valence-corrected chi connectivity index (χ0v) is 13.5. The smallest absolute Gasteiger partial charge is 0.219 e. The van der Waals surface area contributed by atoms with Gasteiger partial charge in [0.1, 0.15) is 5.75 Å². The first-order valence-electron chi connectivity index (χ1n) is 7.46. The number of aryl methyl sites for hydroxylation is 2. The molecule has 2 aromatic rings. The Morgan fingerprint density at radius 3 is 2.67 bits per heavy atom.